The monoisotopic (exact) mass is 302 g/mol. The quantitative estimate of drug-likeness (QED) is 0.903. The summed E-state index contributed by atoms with van der Waals surface area (Å²) in [6, 6.07) is 3.95. The van der Waals surface area contributed by atoms with Crippen molar-refractivity contribution in [1.82, 2.24) is 4.31 Å². The van der Waals surface area contributed by atoms with Crippen LogP contribution in [0.15, 0.2) is 23.1 Å². The van der Waals surface area contributed by atoms with Crippen molar-refractivity contribution in [3.63, 3.8) is 0 Å². The van der Waals surface area contributed by atoms with Crippen LogP contribution in [0.4, 0.5) is 4.39 Å². The van der Waals surface area contributed by atoms with E-state index in [1.807, 2.05) is 0 Å². The lowest BCUT2D eigenvalue weighted by molar-refractivity contribution is 0.0604. The summed E-state index contributed by atoms with van der Waals surface area (Å²) in [6.45, 7) is 0.856. The van der Waals surface area contributed by atoms with E-state index in [9.17, 15) is 12.8 Å². The SMILES string of the molecule is COC1CCN(S(=O)(=O)c2cc(CN)ccc2F)CC1. The Labute approximate surface area is 118 Å². The number of benzene rings is 1. The molecule has 0 saturated carbocycles. The molecule has 0 bridgehead atoms. The number of methoxy groups -OCH3 is 1. The molecule has 20 heavy (non-hydrogen) atoms. The first kappa shape index (κ1) is 15.4. The number of halogens is 1. The van der Waals surface area contributed by atoms with E-state index in [4.69, 9.17) is 10.5 Å². The molecule has 0 aliphatic carbocycles. The minimum atomic E-state index is -3.81. The van der Waals surface area contributed by atoms with Gasteiger partial charge in [-0.05, 0) is 30.5 Å². The van der Waals surface area contributed by atoms with Gasteiger partial charge in [0.05, 0.1) is 6.10 Å². The fraction of sp³-hybridized carbons (Fsp3) is 0.538. The van der Waals surface area contributed by atoms with Crippen molar-refractivity contribution in [2.24, 2.45) is 5.73 Å². The highest BCUT2D eigenvalue weighted by Gasteiger charge is 2.31. The van der Waals surface area contributed by atoms with Crippen LogP contribution in [0, 0.1) is 5.82 Å². The molecule has 0 spiro atoms. The fourth-order valence-electron chi connectivity index (χ4n) is 2.32. The molecule has 1 heterocycles. The average molecular weight is 302 g/mol. The van der Waals surface area contributed by atoms with Gasteiger partial charge in [0, 0.05) is 26.7 Å². The second-order valence-corrected chi connectivity index (χ2v) is 6.71. The van der Waals surface area contributed by atoms with Crippen LogP contribution in [0.2, 0.25) is 0 Å². The minimum absolute atomic E-state index is 0.0710. The zero-order valence-corrected chi connectivity index (χ0v) is 12.2. The second kappa shape index (κ2) is 6.17. The van der Waals surface area contributed by atoms with Crippen LogP contribution in [0.25, 0.3) is 0 Å². The van der Waals surface area contributed by atoms with Crippen molar-refractivity contribution in [3.8, 4) is 0 Å². The summed E-state index contributed by atoms with van der Waals surface area (Å²) < 4.78 is 45.3. The van der Waals surface area contributed by atoms with E-state index in [1.165, 1.54) is 16.4 Å². The molecule has 1 saturated heterocycles. The van der Waals surface area contributed by atoms with Crippen LogP contribution in [-0.4, -0.2) is 39.0 Å². The molecule has 0 aromatic heterocycles. The van der Waals surface area contributed by atoms with Gasteiger partial charge in [-0.3, -0.25) is 0 Å². The number of hydrogen-bond donors (Lipinski definition) is 1. The summed E-state index contributed by atoms with van der Waals surface area (Å²) >= 11 is 0. The van der Waals surface area contributed by atoms with E-state index in [1.54, 1.807) is 7.11 Å². The summed E-state index contributed by atoms with van der Waals surface area (Å²) in [5, 5.41) is 0. The predicted octanol–water partition coefficient (Wildman–Crippen LogP) is 1.08. The van der Waals surface area contributed by atoms with Gasteiger partial charge in [-0.1, -0.05) is 6.07 Å². The molecule has 1 fully saturated rings. The van der Waals surface area contributed by atoms with Gasteiger partial charge in [-0.25, -0.2) is 12.8 Å². The van der Waals surface area contributed by atoms with Crippen LogP contribution in [0.5, 0.6) is 0 Å². The Morgan fingerprint density at radius 1 is 1.40 bits per heavy atom. The summed E-state index contributed by atoms with van der Waals surface area (Å²) in [5.41, 5.74) is 6.07. The van der Waals surface area contributed by atoms with E-state index in [0.29, 0.717) is 31.5 Å². The molecule has 112 valence electrons. The summed E-state index contributed by atoms with van der Waals surface area (Å²) in [7, 11) is -2.20. The fourth-order valence-corrected chi connectivity index (χ4v) is 3.90. The predicted molar refractivity (Wildman–Crippen MR) is 73.1 cm³/mol. The molecule has 1 aliphatic heterocycles. The van der Waals surface area contributed by atoms with E-state index in [-0.39, 0.29) is 17.5 Å². The number of nitrogens with zero attached hydrogens (tertiary/aromatic N) is 1. The van der Waals surface area contributed by atoms with Gasteiger partial charge >= 0.3 is 0 Å². The van der Waals surface area contributed by atoms with E-state index >= 15 is 0 Å². The van der Waals surface area contributed by atoms with Crippen molar-refractivity contribution in [1.29, 1.82) is 0 Å². The standard InChI is InChI=1S/C13H19FN2O3S/c1-19-11-4-6-16(7-5-11)20(17,18)13-8-10(9-15)2-3-12(13)14/h2-3,8,11H,4-7,9,15H2,1H3. The van der Waals surface area contributed by atoms with E-state index in [2.05, 4.69) is 0 Å². The first-order chi connectivity index (χ1) is 9.48. The van der Waals surface area contributed by atoms with Crippen LogP contribution in [0.3, 0.4) is 0 Å². The summed E-state index contributed by atoms with van der Waals surface area (Å²) in [4.78, 5) is -0.295. The molecular weight excluding hydrogens is 283 g/mol. The number of hydrogen-bond acceptors (Lipinski definition) is 4. The van der Waals surface area contributed by atoms with Crippen molar-refractivity contribution in [2.75, 3.05) is 20.2 Å². The van der Waals surface area contributed by atoms with Gasteiger partial charge in [0.25, 0.3) is 0 Å². The largest absolute Gasteiger partial charge is 0.381 e. The molecule has 0 atom stereocenters. The van der Waals surface area contributed by atoms with Gasteiger partial charge in [0.15, 0.2) is 0 Å². The third kappa shape index (κ3) is 3.01. The topological polar surface area (TPSA) is 72.6 Å². The van der Waals surface area contributed by atoms with E-state index in [0.717, 1.165) is 6.07 Å². The molecule has 1 aromatic carbocycles. The zero-order valence-electron chi connectivity index (χ0n) is 11.4. The Hall–Kier alpha value is -1.02. The maximum atomic E-state index is 13.8. The number of ether oxygens (including phenoxy) is 1. The summed E-state index contributed by atoms with van der Waals surface area (Å²) in [5.74, 6) is -0.740. The highest BCUT2D eigenvalue weighted by Crippen LogP contribution is 2.24. The van der Waals surface area contributed by atoms with Gasteiger partial charge in [0.2, 0.25) is 10.0 Å². The van der Waals surface area contributed by atoms with Gasteiger partial charge in [0.1, 0.15) is 10.7 Å². The Bertz CT molecular complexity index is 569. The highest BCUT2D eigenvalue weighted by molar-refractivity contribution is 7.89. The van der Waals surface area contributed by atoms with E-state index < -0.39 is 15.8 Å². The molecule has 5 nitrogen and oxygen atoms in total. The van der Waals surface area contributed by atoms with Crippen LogP contribution < -0.4 is 5.73 Å². The normalized spacial score (nSPS) is 18.4. The molecule has 1 aromatic rings. The molecule has 0 amide bonds. The second-order valence-electron chi connectivity index (χ2n) is 4.81. The number of piperidine rings is 1. The third-order valence-electron chi connectivity index (χ3n) is 3.58. The summed E-state index contributed by atoms with van der Waals surface area (Å²) in [6.07, 6.45) is 1.31. The molecule has 7 heteroatoms. The number of rotatable bonds is 4. The lowest BCUT2D eigenvalue weighted by Crippen LogP contribution is -2.40. The average Bonchev–Trinajstić information content (AvgIpc) is 2.47. The Morgan fingerprint density at radius 2 is 2.05 bits per heavy atom. The lowest BCUT2D eigenvalue weighted by Gasteiger charge is -2.30. The van der Waals surface area contributed by atoms with Gasteiger partial charge in [-0.2, -0.15) is 4.31 Å². The molecule has 0 radical (unpaired) electrons. The Morgan fingerprint density at radius 3 is 2.60 bits per heavy atom. The molecule has 0 unspecified atom stereocenters. The smallest absolute Gasteiger partial charge is 0.245 e. The molecule has 1 aliphatic rings. The molecular formula is C13H19FN2O3S. The van der Waals surface area contributed by atoms with Gasteiger partial charge < -0.3 is 10.5 Å². The number of nitrogens with two attached hydrogens (primary N) is 1. The Kier molecular flexibility index (Phi) is 4.74. The third-order valence-corrected chi connectivity index (χ3v) is 5.50. The maximum Gasteiger partial charge on any atom is 0.245 e. The van der Waals surface area contributed by atoms with Crippen LogP contribution in [0.1, 0.15) is 18.4 Å². The highest BCUT2D eigenvalue weighted by atomic mass is 32.2. The van der Waals surface area contributed by atoms with Crippen LogP contribution in [-0.2, 0) is 21.3 Å². The van der Waals surface area contributed by atoms with Crippen molar-refractivity contribution >= 4 is 10.0 Å². The van der Waals surface area contributed by atoms with Crippen LogP contribution >= 0.6 is 0 Å². The van der Waals surface area contributed by atoms with Crippen molar-refractivity contribution in [3.05, 3.63) is 29.6 Å². The van der Waals surface area contributed by atoms with Gasteiger partial charge in [-0.15, -0.1) is 0 Å². The molecule has 2 N–H and O–H groups in total. The van der Waals surface area contributed by atoms with Crippen molar-refractivity contribution in [2.45, 2.75) is 30.4 Å². The maximum absolute atomic E-state index is 13.8. The first-order valence-electron chi connectivity index (χ1n) is 6.50. The minimum Gasteiger partial charge on any atom is -0.381 e. The molecule has 2 rings (SSSR count). The zero-order chi connectivity index (χ0) is 14.8. The first-order valence-corrected chi connectivity index (χ1v) is 7.94. The Balaban J connectivity index is 2.27. The number of sulfonamides is 1. The van der Waals surface area contributed by atoms with Crippen molar-refractivity contribution < 1.29 is 17.5 Å². The lowest BCUT2D eigenvalue weighted by atomic mass is 10.1.